The summed E-state index contributed by atoms with van der Waals surface area (Å²) in [7, 11) is 0. The molecule has 112 valence electrons. The lowest BCUT2D eigenvalue weighted by Crippen LogP contribution is -2.09. The van der Waals surface area contributed by atoms with Gasteiger partial charge in [-0.15, -0.1) is 11.3 Å². The number of nitrogens with zero attached hydrogens (tertiary/aromatic N) is 2. The summed E-state index contributed by atoms with van der Waals surface area (Å²) >= 11 is 7.38. The topological polar surface area (TPSA) is 58.6 Å². The molecular weight excluding hydrogens is 330 g/mol. The van der Waals surface area contributed by atoms with Gasteiger partial charge in [0.25, 0.3) is 5.56 Å². The molecule has 6 heteroatoms. The van der Waals surface area contributed by atoms with Gasteiger partial charge < -0.3 is 4.98 Å². The minimum Gasteiger partial charge on any atom is -0.306 e. The standard InChI is InChI=1S/C17H10ClN3OS/c18-12-3-1-10(2-4-12)13-9-23-17-14(13)16(22)20-15(21-17)11-5-7-19-8-6-11/h1-9H,(H,20,21,22). The van der Waals surface area contributed by atoms with Crippen LogP contribution in [0.15, 0.2) is 59.0 Å². The summed E-state index contributed by atoms with van der Waals surface area (Å²) < 4.78 is 0. The van der Waals surface area contributed by atoms with Gasteiger partial charge in [0.05, 0.1) is 5.39 Å². The highest BCUT2D eigenvalue weighted by Crippen LogP contribution is 2.32. The third kappa shape index (κ3) is 2.54. The molecule has 0 aliphatic heterocycles. The molecule has 23 heavy (non-hydrogen) atoms. The highest BCUT2D eigenvalue weighted by Gasteiger charge is 2.13. The fourth-order valence-electron chi connectivity index (χ4n) is 2.44. The van der Waals surface area contributed by atoms with E-state index in [1.807, 2.05) is 41.8 Å². The largest absolute Gasteiger partial charge is 0.306 e. The average molecular weight is 340 g/mol. The van der Waals surface area contributed by atoms with E-state index in [-0.39, 0.29) is 5.56 Å². The van der Waals surface area contributed by atoms with Crippen LogP contribution in [0.3, 0.4) is 0 Å². The van der Waals surface area contributed by atoms with Crippen molar-refractivity contribution < 1.29 is 0 Å². The van der Waals surface area contributed by atoms with Crippen molar-refractivity contribution in [1.29, 1.82) is 0 Å². The van der Waals surface area contributed by atoms with Crippen molar-refractivity contribution in [2.45, 2.75) is 0 Å². The lowest BCUT2D eigenvalue weighted by molar-refractivity contribution is 1.18. The highest BCUT2D eigenvalue weighted by molar-refractivity contribution is 7.17. The fraction of sp³-hybridized carbons (Fsp3) is 0. The lowest BCUT2D eigenvalue weighted by Gasteiger charge is -2.02. The summed E-state index contributed by atoms with van der Waals surface area (Å²) in [5, 5.41) is 3.22. The molecule has 0 unspecified atom stereocenters. The molecule has 0 radical (unpaired) electrons. The summed E-state index contributed by atoms with van der Waals surface area (Å²) in [6.45, 7) is 0. The fourth-order valence-corrected chi connectivity index (χ4v) is 3.51. The molecule has 0 fully saturated rings. The predicted molar refractivity (Wildman–Crippen MR) is 93.9 cm³/mol. The Bertz CT molecular complexity index is 1040. The minimum absolute atomic E-state index is 0.145. The van der Waals surface area contributed by atoms with E-state index in [4.69, 9.17) is 11.6 Å². The van der Waals surface area contributed by atoms with Crippen LogP contribution in [0, 0.1) is 0 Å². The maximum Gasteiger partial charge on any atom is 0.260 e. The molecule has 0 bridgehead atoms. The van der Waals surface area contributed by atoms with E-state index in [0.29, 0.717) is 21.1 Å². The summed E-state index contributed by atoms with van der Waals surface area (Å²) in [4.78, 5) is 24.7. The zero-order chi connectivity index (χ0) is 15.8. The van der Waals surface area contributed by atoms with Crippen molar-refractivity contribution in [2.24, 2.45) is 0 Å². The maximum atomic E-state index is 12.6. The number of halogens is 1. The van der Waals surface area contributed by atoms with Gasteiger partial charge in [0.1, 0.15) is 10.7 Å². The van der Waals surface area contributed by atoms with Gasteiger partial charge in [-0.1, -0.05) is 23.7 Å². The molecule has 4 nitrogen and oxygen atoms in total. The van der Waals surface area contributed by atoms with Crippen LogP contribution >= 0.6 is 22.9 Å². The first-order valence-electron chi connectivity index (χ1n) is 6.90. The second kappa shape index (κ2) is 5.61. The smallest absolute Gasteiger partial charge is 0.260 e. The van der Waals surface area contributed by atoms with E-state index in [1.165, 1.54) is 11.3 Å². The van der Waals surface area contributed by atoms with Gasteiger partial charge >= 0.3 is 0 Å². The molecule has 0 saturated heterocycles. The van der Waals surface area contributed by atoms with Gasteiger partial charge in [-0.25, -0.2) is 4.98 Å². The molecule has 0 aliphatic rings. The number of benzene rings is 1. The van der Waals surface area contributed by atoms with E-state index in [9.17, 15) is 4.79 Å². The monoisotopic (exact) mass is 339 g/mol. The summed E-state index contributed by atoms with van der Waals surface area (Å²) in [5.41, 5.74) is 2.51. The Morgan fingerprint density at radius 1 is 1.00 bits per heavy atom. The molecule has 0 atom stereocenters. The molecule has 1 aromatic carbocycles. The maximum absolute atomic E-state index is 12.6. The number of H-pyrrole nitrogens is 1. The van der Waals surface area contributed by atoms with Crippen LogP contribution in [0.25, 0.3) is 32.7 Å². The molecule has 0 spiro atoms. The zero-order valence-corrected chi connectivity index (χ0v) is 13.4. The number of hydrogen-bond acceptors (Lipinski definition) is 4. The van der Waals surface area contributed by atoms with Crippen LogP contribution in [-0.4, -0.2) is 15.0 Å². The Labute approximate surface area is 140 Å². The first-order chi connectivity index (χ1) is 11.2. The number of aromatic nitrogens is 3. The van der Waals surface area contributed by atoms with Crippen LogP contribution in [0.4, 0.5) is 0 Å². The SMILES string of the molecule is O=c1[nH]c(-c2ccncc2)nc2scc(-c3ccc(Cl)cc3)c12. The molecule has 4 aromatic rings. The van der Waals surface area contributed by atoms with E-state index < -0.39 is 0 Å². The van der Waals surface area contributed by atoms with Gasteiger partial charge in [0, 0.05) is 33.9 Å². The normalized spacial score (nSPS) is 11.0. The van der Waals surface area contributed by atoms with Crippen LogP contribution in [0.5, 0.6) is 0 Å². The molecule has 0 amide bonds. The Kier molecular flexibility index (Phi) is 3.44. The van der Waals surface area contributed by atoms with Crippen LogP contribution < -0.4 is 5.56 Å². The number of fused-ring (bicyclic) bond motifs is 1. The third-order valence-corrected chi connectivity index (χ3v) is 4.68. The highest BCUT2D eigenvalue weighted by atomic mass is 35.5. The number of pyridine rings is 1. The lowest BCUT2D eigenvalue weighted by atomic mass is 10.1. The van der Waals surface area contributed by atoms with Gasteiger partial charge in [-0.2, -0.15) is 0 Å². The molecular formula is C17H10ClN3OS. The van der Waals surface area contributed by atoms with Gasteiger partial charge in [-0.3, -0.25) is 9.78 Å². The predicted octanol–water partition coefficient (Wildman–Crippen LogP) is 4.37. The zero-order valence-electron chi connectivity index (χ0n) is 11.8. The Balaban J connectivity index is 1.91. The van der Waals surface area contributed by atoms with Gasteiger partial charge in [0.15, 0.2) is 0 Å². The van der Waals surface area contributed by atoms with Crippen LogP contribution in [0.2, 0.25) is 5.02 Å². The number of rotatable bonds is 2. The second-order valence-corrected chi connectivity index (χ2v) is 6.28. The number of thiophene rings is 1. The average Bonchev–Trinajstić information content (AvgIpc) is 3.01. The van der Waals surface area contributed by atoms with Crippen molar-refractivity contribution >= 4 is 33.2 Å². The Hall–Kier alpha value is -2.50. The molecule has 3 heterocycles. The first kappa shape index (κ1) is 14.1. The summed E-state index contributed by atoms with van der Waals surface area (Å²) in [6.07, 6.45) is 3.35. The van der Waals surface area contributed by atoms with Crippen molar-refractivity contribution in [1.82, 2.24) is 15.0 Å². The summed E-state index contributed by atoms with van der Waals surface area (Å²) in [5.74, 6) is 0.550. The number of hydrogen-bond donors (Lipinski definition) is 1. The third-order valence-electron chi connectivity index (χ3n) is 3.55. The van der Waals surface area contributed by atoms with E-state index in [2.05, 4.69) is 15.0 Å². The van der Waals surface area contributed by atoms with Crippen molar-refractivity contribution in [3.63, 3.8) is 0 Å². The molecule has 0 aliphatic carbocycles. The minimum atomic E-state index is -0.145. The van der Waals surface area contributed by atoms with E-state index in [0.717, 1.165) is 16.7 Å². The van der Waals surface area contributed by atoms with Gasteiger partial charge in [0.2, 0.25) is 0 Å². The van der Waals surface area contributed by atoms with Crippen molar-refractivity contribution in [2.75, 3.05) is 0 Å². The number of nitrogens with one attached hydrogen (secondary N) is 1. The van der Waals surface area contributed by atoms with Gasteiger partial charge in [-0.05, 0) is 29.8 Å². The Morgan fingerprint density at radius 2 is 1.74 bits per heavy atom. The van der Waals surface area contributed by atoms with Crippen LogP contribution in [0.1, 0.15) is 0 Å². The van der Waals surface area contributed by atoms with E-state index in [1.54, 1.807) is 12.4 Å². The first-order valence-corrected chi connectivity index (χ1v) is 8.16. The molecule has 0 saturated carbocycles. The second-order valence-electron chi connectivity index (χ2n) is 4.99. The quantitative estimate of drug-likeness (QED) is 0.590. The number of aromatic amines is 1. The Morgan fingerprint density at radius 3 is 2.48 bits per heavy atom. The van der Waals surface area contributed by atoms with Crippen molar-refractivity contribution in [3.05, 3.63) is 69.5 Å². The van der Waals surface area contributed by atoms with Crippen LogP contribution in [-0.2, 0) is 0 Å². The summed E-state index contributed by atoms with van der Waals surface area (Å²) in [6, 6.07) is 11.1. The van der Waals surface area contributed by atoms with Crippen molar-refractivity contribution in [3.8, 4) is 22.5 Å². The molecule has 3 aromatic heterocycles. The molecule has 1 N–H and O–H groups in total. The van der Waals surface area contributed by atoms with E-state index >= 15 is 0 Å². The molecule has 4 rings (SSSR count).